The molecule has 1 aromatic heterocycles. The van der Waals surface area contributed by atoms with Gasteiger partial charge in [0.2, 0.25) is 10.0 Å². The number of ether oxygens (including phenoxy) is 1. The summed E-state index contributed by atoms with van der Waals surface area (Å²) >= 11 is 0. The van der Waals surface area contributed by atoms with Crippen LogP contribution >= 0.6 is 0 Å². The van der Waals surface area contributed by atoms with Crippen molar-refractivity contribution < 1.29 is 23.1 Å². The molecule has 2 aliphatic heterocycles. The normalized spacial score (nSPS) is 31.3. The van der Waals surface area contributed by atoms with Crippen LogP contribution in [0.25, 0.3) is 0 Å². The fourth-order valence-electron chi connectivity index (χ4n) is 4.53. The zero-order valence-electron chi connectivity index (χ0n) is 14.0. The maximum absolute atomic E-state index is 13.0. The highest BCUT2D eigenvalue weighted by molar-refractivity contribution is 7.89. The van der Waals surface area contributed by atoms with Crippen molar-refractivity contribution in [3.05, 3.63) is 12.4 Å². The molecule has 0 amide bonds. The van der Waals surface area contributed by atoms with Gasteiger partial charge < -0.3 is 9.84 Å². The van der Waals surface area contributed by atoms with Crippen LogP contribution in [0, 0.1) is 11.3 Å². The highest BCUT2D eigenvalue weighted by Gasteiger charge is 2.57. The van der Waals surface area contributed by atoms with Gasteiger partial charge >= 0.3 is 5.97 Å². The van der Waals surface area contributed by atoms with Gasteiger partial charge in [0.25, 0.3) is 0 Å². The molecule has 1 N–H and O–H groups in total. The standard InChI is InChI=1S/C16H23N3O5S/c20-15(21)16-5-1-2-12(16)9-18(11-16)25(22,23)14-8-17-19(10-14)13-3-6-24-7-4-13/h8,10,12-13H,1-7,9,11H2,(H,20,21)/t12-,16+/m0/s1. The number of aromatic nitrogens is 2. The van der Waals surface area contributed by atoms with Gasteiger partial charge in [-0.2, -0.15) is 9.40 Å². The zero-order valence-corrected chi connectivity index (χ0v) is 14.8. The van der Waals surface area contributed by atoms with E-state index >= 15 is 0 Å². The van der Waals surface area contributed by atoms with Gasteiger partial charge in [0.05, 0.1) is 17.7 Å². The van der Waals surface area contributed by atoms with Crippen molar-refractivity contribution in [1.82, 2.24) is 14.1 Å². The van der Waals surface area contributed by atoms with Crippen LogP contribution in [0.5, 0.6) is 0 Å². The molecule has 2 atom stereocenters. The minimum atomic E-state index is -3.71. The summed E-state index contributed by atoms with van der Waals surface area (Å²) in [6.07, 6.45) is 6.77. The smallest absolute Gasteiger partial charge is 0.311 e. The molecule has 0 spiro atoms. The predicted octanol–water partition coefficient (Wildman–Crippen LogP) is 1.11. The summed E-state index contributed by atoms with van der Waals surface area (Å²) in [6, 6.07) is 0.154. The Morgan fingerprint density at radius 3 is 2.76 bits per heavy atom. The van der Waals surface area contributed by atoms with Gasteiger partial charge in [-0.15, -0.1) is 0 Å². The summed E-state index contributed by atoms with van der Waals surface area (Å²) in [5.41, 5.74) is -0.913. The first-order chi connectivity index (χ1) is 11.9. The molecule has 9 heteroatoms. The van der Waals surface area contributed by atoms with Crippen LogP contribution in [-0.4, -0.2) is 59.9 Å². The Morgan fingerprint density at radius 2 is 2.08 bits per heavy atom. The Balaban J connectivity index is 1.56. The van der Waals surface area contributed by atoms with E-state index in [4.69, 9.17) is 4.74 Å². The number of nitrogens with zero attached hydrogens (tertiary/aromatic N) is 3. The second kappa shape index (κ2) is 6.07. The molecule has 8 nitrogen and oxygen atoms in total. The van der Waals surface area contributed by atoms with E-state index in [1.165, 1.54) is 10.5 Å². The molecule has 0 radical (unpaired) electrons. The summed E-state index contributed by atoms with van der Waals surface area (Å²) in [6.45, 7) is 1.66. The summed E-state index contributed by atoms with van der Waals surface area (Å²) in [4.78, 5) is 11.9. The maximum Gasteiger partial charge on any atom is 0.311 e. The van der Waals surface area contributed by atoms with Crippen LogP contribution in [0.15, 0.2) is 17.3 Å². The van der Waals surface area contributed by atoms with Crippen molar-refractivity contribution in [3.8, 4) is 0 Å². The third kappa shape index (κ3) is 2.69. The molecule has 0 aromatic carbocycles. The molecule has 138 valence electrons. The molecule has 25 heavy (non-hydrogen) atoms. The van der Waals surface area contributed by atoms with Crippen molar-refractivity contribution >= 4 is 16.0 Å². The first-order valence-electron chi connectivity index (χ1n) is 8.79. The van der Waals surface area contributed by atoms with Gasteiger partial charge in [0.1, 0.15) is 4.90 Å². The van der Waals surface area contributed by atoms with Gasteiger partial charge in [0, 0.05) is 32.5 Å². The molecule has 0 unspecified atom stereocenters. The number of fused-ring (bicyclic) bond motifs is 1. The van der Waals surface area contributed by atoms with Crippen LogP contribution in [0.1, 0.15) is 38.1 Å². The van der Waals surface area contributed by atoms with E-state index in [0.29, 0.717) is 19.6 Å². The average molecular weight is 369 g/mol. The summed E-state index contributed by atoms with van der Waals surface area (Å²) < 4.78 is 34.3. The molecule has 3 aliphatic rings. The number of carboxylic acids is 1. The van der Waals surface area contributed by atoms with Gasteiger partial charge in [-0.05, 0) is 31.6 Å². The molecule has 2 saturated heterocycles. The molecular weight excluding hydrogens is 346 g/mol. The fourth-order valence-corrected chi connectivity index (χ4v) is 6.02. The van der Waals surface area contributed by atoms with Gasteiger partial charge in [-0.1, -0.05) is 6.42 Å². The van der Waals surface area contributed by atoms with E-state index in [1.807, 2.05) is 0 Å². The summed E-state index contributed by atoms with van der Waals surface area (Å²) in [7, 11) is -3.71. The van der Waals surface area contributed by atoms with Gasteiger partial charge in [-0.25, -0.2) is 8.42 Å². The lowest BCUT2D eigenvalue weighted by Crippen LogP contribution is -2.37. The van der Waals surface area contributed by atoms with Crippen LogP contribution in [0.3, 0.4) is 0 Å². The van der Waals surface area contributed by atoms with Crippen molar-refractivity contribution in [2.75, 3.05) is 26.3 Å². The maximum atomic E-state index is 13.0. The molecular formula is C16H23N3O5S. The molecule has 1 saturated carbocycles. The topological polar surface area (TPSA) is 102 Å². The molecule has 3 heterocycles. The Hall–Kier alpha value is -1.45. The van der Waals surface area contributed by atoms with Crippen LogP contribution in [0.2, 0.25) is 0 Å². The third-order valence-corrected chi connectivity index (χ3v) is 7.81. The first-order valence-corrected chi connectivity index (χ1v) is 10.2. The second-order valence-electron chi connectivity index (χ2n) is 7.35. The number of hydrogen-bond acceptors (Lipinski definition) is 5. The quantitative estimate of drug-likeness (QED) is 0.853. The van der Waals surface area contributed by atoms with Crippen molar-refractivity contribution in [2.24, 2.45) is 11.3 Å². The van der Waals surface area contributed by atoms with Crippen LogP contribution in [-0.2, 0) is 19.6 Å². The lowest BCUT2D eigenvalue weighted by Gasteiger charge is -2.23. The van der Waals surface area contributed by atoms with Crippen LogP contribution in [0.4, 0.5) is 0 Å². The molecule has 4 rings (SSSR count). The number of hydrogen-bond donors (Lipinski definition) is 1. The Kier molecular flexibility index (Phi) is 4.12. The van der Waals surface area contributed by atoms with E-state index in [2.05, 4.69) is 5.10 Å². The Bertz CT molecular complexity index is 770. The molecule has 0 bridgehead atoms. The second-order valence-corrected chi connectivity index (χ2v) is 9.29. The van der Waals surface area contributed by atoms with Crippen molar-refractivity contribution in [1.29, 1.82) is 0 Å². The molecule has 3 fully saturated rings. The number of carboxylic acid groups (broad SMARTS) is 1. The largest absolute Gasteiger partial charge is 0.481 e. The number of carbonyl (C=O) groups is 1. The third-order valence-electron chi connectivity index (χ3n) is 6.05. The fraction of sp³-hybridized carbons (Fsp3) is 0.750. The predicted molar refractivity (Wildman–Crippen MR) is 87.5 cm³/mol. The number of aliphatic carboxylic acids is 1. The summed E-state index contributed by atoms with van der Waals surface area (Å²) in [5.74, 6) is -0.962. The lowest BCUT2D eigenvalue weighted by molar-refractivity contribution is -0.149. The van der Waals surface area contributed by atoms with E-state index in [1.54, 1.807) is 10.9 Å². The molecule has 1 aromatic rings. The Morgan fingerprint density at radius 1 is 1.32 bits per heavy atom. The van der Waals surface area contributed by atoms with Gasteiger partial charge in [-0.3, -0.25) is 9.48 Å². The van der Waals surface area contributed by atoms with E-state index in [9.17, 15) is 18.3 Å². The lowest BCUT2D eigenvalue weighted by atomic mass is 9.81. The van der Waals surface area contributed by atoms with E-state index in [0.717, 1.165) is 25.7 Å². The highest BCUT2D eigenvalue weighted by Crippen LogP contribution is 2.50. The summed E-state index contributed by atoms with van der Waals surface area (Å²) in [5, 5.41) is 13.9. The molecule has 1 aliphatic carbocycles. The highest BCUT2D eigenvalue weighted by atomic mass is 32.2. The van der Waals surface area contributed by atoms with Crippen molar-refractivity contribution in [2.45, 2.75) is 43.0 Å². The van der Waals surface area contributed by atoms with Gasteiger partial charge in [0.15, 0.2) is 0 Å². The average Bonchev–Trinajstić information content (AvgIpc) is 3.29. The Labute approximate surface area is 146 Å². The van der Waals surface area contributed by atoms with E-state index < -0.39 is 21.4 Å². The number of sulfonamides is 1. The SMILES string of the molecule is O=C(O)[C@@]12CCC[C@H]1CN(S(=O)(=O)c1cnn(C3CCOCC3)c1)C2. The zero-order chi connectivity index (χ0) is 17.7. The van der Waals surface area contributed by atoms with E-state index in [-0.39, 0.29) is 29.9 Å². The number of rotatable bonds is 4. The first kappa shape index (κ1) is 17.0. The monoisotopic (exact) mass is 369 g/mol. The minimum absolute atomic E-state index is 0.0672. The minimum Gasteiger partial charge on any atom is -0.481 e. The van der Waals surface area contributed by atoms with Crippen molar-refractivity contribution in [3.63, 3.8) is 0 Å². The van der Waals surface area contributed by atoms with Crippen LogP contribution < -0.4 is 0 Å².